The van der Waals surface area contributed by atoms with Gasteiger partial charge in [0.15, 0.2) is 0 Å². The molecule has 1 aliphatic heterocycles. The van der Waals surface area contributed by atoms with E-state index in [1.165, 1.54) is 11.5 Å². The van der Waals surface area contributed by atoms with Gasteiger partial charge in [-0.3, -0.25) is 5.10 Å². The van der Waals surface area contributed by atoms with Crippen molar-refractivity contribution in [3.8, 4) is 6.07 Å². The maximum Gasteiger partial charge on any atom is 0.244 e. The first-order valence-electron chi connectivity index (χ1n) is 7.31. The van der Waals surface area contributed by atoms with E-state index in [2.05, 4.69) is 30.5 Å². The Bertz CT molecular complexity index is 688. The third-order valence-corrected chi connectivity index (χ3v) is 5.02. The molecule has 0 bridgehead atoms. The summed E-state index contributed by atoms with van der Waals surface area (Å²) in [7, 11) is 3.87. The third-order valence-electron chi connectivity index (χ3n) is 4.02. The van der Waals surface area contributed by atoms with E-state index in [-0.39, 0.29) is 0 Å². The number of hydrogen-bond acceptors (Lipinski definition) is 7. The van der Waals surface area contributed by atoms with E-state index in [1.54, 1.807) is 0 Å². The number of piperidine rings is 1. The molecule has 0 amide bonds. The van der Waals surface area contributed by atoms with E-state index in [0.717, 1.165) is 54.0 Å². The number of nitrogens with one attached hydrogen (secondary N) is 1. The van der Waals surface area contributed by atoms with E-state index in [9.17, 15) is 5.26 Å². The molecule has 0 spiro atoms. The number of rotatable bonds is 3. The largest absolute Gasteiger partial charge is 0.361 e. The summed E-state index contributed by atoms with van der Waals surface area (Å²) in [5, 5.41) is 17.5. The molecule has 7 nitrogen and oxygen atoms in total. The van der Waals surface area contributed by atoms with Crippen LogP contribution in [0.25, 0.3) is 0 Å². The van der Waals surface area contributed by atoms with Crippen LogP contribution in [0.3, 0.4) is 0 Å². The molecular formula is C14H19N7S. The Morgan fingerprint density at radius 2 is 2.09 bits per heavy atom. The number of anilines is 2. The molecule has 2 aromatic heterocycles. The number of aromatic amines is 1. The SMILES string of the molecule is Cc1nsc(N2CCC(c3nc(N(C)C)n[nH]3)CC2)c1C#N. The highest BCUT2D eigenvalue weighted by molar-refractivity contribution is 7.10. The van der Waals surface area contributed by atoms with Gasteiger partial charge in [-0.05, 0) is 31.3 Å². The fraction of sp³-hybridized carbons (Fsp3) is 0.571. The maximum absolute atomic E-state index is 9.27. The smallest absolute Gasteiger partial charge is 0.244 e. The van der Waals surface area contributed by atoms with Gasteiger partial charge in [0.1, 0.15) is 22.5 Å². The number of aryl methyl sites for hydroxylation is 1. The predicted molar refractivity (Wildman–Crippen MR) is 86.5 cm³/mol. The minimum Gasteiger partial charge on any atom is -0.361 e. The lowest BCUT2D eigenvalue weighted by molar-refractivity contribution is 0.488. The first-order valence-corrected chi connectivity index (χ1v) is 8.08. The second-order valence-electron chi connectivity index (χ2n) is 5.74. The lowest BCUT2D eigenvalue weighted by Gasteiger charge is -2.31. The lowest BCUT2D eigenvalue weighted by atomic mass is 9.96. The van der Waals surface area contributed by atoms with Crippen LogP contribution in [-0.2, 0) is 0 Å². The first-order chi connectivity index (χ1) is 10.6. The topological polar surface area (TPSA) is 84.7 Å². The van der Waals surface area contributed by atoms with Gasteiger partial charge in [0.05, 0.1) is 5.69 Å². The van der Waals surface area contributed by atoms with Crippen LogP contribution in [-0.4, -0.2) is 46.7 Å². The van der Waals surface area contributed by atoms with Crippen molar-refractivity contribution in [1.29, 1.82) is 5.26 Å². The molecule has 1 fully saturated rings. The lowest BCUT2D eigenvalue weighted by Crippen LogP contribution is -2.33. The van der Waals surface area contributed by atoms with Crippen LogP contribution < -0.4 is 9.80 Å². The summed E-state index contributed by atoms with van der Waals surface area (Å²) in [6, 6.07) is 2.27. The van der Waals surface area contributed by atoms with Gasteiger partial charge in [-0.15, -0.1) is 5.10 Å². The minimum atomic E-state index is 0.400. The fourth-order valence-electron chi connectivity index (χ4n) is 2.71. The second kappa shape index (κ2) is 5.93. The number of hydrogen-bond donors (Lipinski definition) is 1. The zero-order valence-electron chi connectivity index (χ0n) is 13.0. The summed E-state index contributed by atoms with van der Waals surface area (Å²) in [4.78, 5) is 8.71. The van der Waals surface area contributed by atoms with Crippen LogP contribution in [0.2, 0.25) is 0 Å². The number of nitrogens with zero attached hydrogens (tertiary/aromatic N) is 6. The average molecular weight is 317 g/mol. The standard InChI is InChI=1S/C14H19N7S/c1-9-11(8-15)13(22-19-9)21-6-4-10(5-7-21)12-16-14(18-17-12)20(2)3/h10H,4-7H2,1-3H3,(H,16,17,18). The van der Waals surface area contributed by atoms with Gasteiger partial charge in [0, 0.05) is 33.1 Å². The zero-order chi connectivity index (χ0) is 15.7. The summed E-state index contributed by atoms with van der Waals surface area (Å²) in [5.74, 6) is 2.09. The summed E-state index contributed by atoms with van der Waals surface area (Å²) >= 11 is 1.42. The Hall–Kier alpha value is -2.14. The van der Waals surface area contributed by atoms with Crippen molar-refractivity contribution in [3.63, 3.8) is 0 Å². The average Bonchev–Trinajstić information content (AvgIpc) is 3.14. The number of nitriles is 1. The van der Waals surface area contributed by atoms with Crippen LogP contribution in [0.4, 0.5) is 10.9 Å². The minimum absolute atomic E-state index is 0.400. The van der Waals surface area contributed by atoms with Crippen molar-refractivity contribution in [2.75, 3.05) is 37.0 Å². The highest BCUT2D eigenvalue weighted by atomic mass is 32.1. The maximum atomic E-state index is 9.27. The first kappa shape index (κ1) is 14.8. The highest BCUT2D eigenvalue weighted by Gasteiger charge is 2.26. The summed E-state index contributed by atoms with van der Waals surface area (Å²) < 4.78 is 4.31. The molecule has 1 saturated heterocycles. The van der Waals surface area contributed by atoms with Crippen molar-refractivity contribution < 1.29 is 0 Å². The molecule has 0 saturated carbocycles. The van der Waals surface area contributed by atoms with Crippen molar-refractivity contribution >= 4 is 22.5 Å². The molecule has 0 unspecified atom stereocenters. The van der Waals surface area contributed by atoms with Crippen molar-refractivity contribution in [1.82, 2.24) is 19.6 Å². The zero-order valence-corrected chi connectivity index (χ0v) is 13.8. The summed E-state index contributed by atoms with van der Waals surface area (Å²) in [5.41, 5.74) is 1.55. The molecule has 2 aromatic rings. The molecule has 0 atom stereocenters. The molecule has 0 aromatic carbocycles. The quantitative estimate of drug-likeness (QED) is 0.930. The van der Waals surface area contributed by atoms with Gasteiger partial charge in [0.2, 0.25) is 5.95 Å². The Morgan fingerprint density at radius 3 is 2.68 bits per heavy atom. The van der Waals surface area contributed by atoms with Gasteiger partial charge in [-0.1, -0.05) is 0 Å². The van der Waals surface area contributed by atoms with E-state index in [1.807, 2.05) is 25.9 Å². The molecule has 3 heterocycles. The Balaban J connectivity index is 1.68. The van der Waals surface area contributed by atoms with E-state index < -0.39 is 0 Å². The molecule has 0 radical (unpaired) electrons. The Kier molecular flexibility index (Phi) is 3.98. The van der Waals surface area contributed by atoms with Crippen molar-refractivity contribution in [3.05, 3.63) is 17.1 Å². The molecule has 3 rings (SSSR count). The molecule has 22 heavy (non-hydrogen) atoms. The molecule has 116 valence electrons. The number of H-pyrrole nitrogens is 1. The van der Waals surface area contributed by atoms with E-state index in [0.29, 0.717) is 5.92 Å². The van der Waals surface area contributed by atoms with Crippen LogP contribution in [0, 0.1) is 18.3 Å². The van der Waals surface area contributed by atoms with Gasteiger partial charge in [-0.2, -0.15) is 14.6 Å². The van der Waals surface area contributed by atoms with E-state index >= 15 is 0 Å². The van der Waals surface area contributed by atoms with Crippen LogP contribution in [0.5, 0.6) is 0 Å². The Labute approximate surface area is 133 Å². The second-order valence-corrected chi connectivity index (χ2v) is 6.49. The predicted octanol–water partition coefficient (Wildman–Crippen LogP) is 1.89. The van der Waals surface area contributed by atoms with Crippen LogP contribution >= 0.6 is 11.5 Å². The fourth-order valence-corrected chi connectivity index (χ4v) is 3.60. The van der Waals surface area contributed by atoms with Gasteiger partial charge < -0.3 is 9.80 Å². The number of aromatic nitrogens is 4. The van der Waals surface area contributed by atoms with Crippen LogP contribution in [0.1, 0.15) is 35.8 Å². The van der Waals surface area contributed by atoms with Crippen molar-refractivity contribution in [2.24, 2.45) is 0 Å². The van der Waals surface area contributed by atoms with Gasteiger partial charge >= 0.3 is 0 Å². The highest BCUT2D eigenvalue weighted by Crippen LogP contribution is 2.33. The Morgan fingerprint density at radius 1 is 1.36 bits per heavy atom. The molecule has 1 N–H and O–H groups in total. The molecule has 0 aliphatic carbocycles. The van der Waals surface area contributed by atoms with E-state index in [4.69, 9.17) is 0 Å². The van der Waals surface area contributed by atoms with Crippen LogP contribution in [0.15, 0.2) is 0 Å². The normalized spacial score (nSPS) is 15.8. The monoisotopic (exact) mass is 317 g/mol. The van der Waals surface area contributed by atoms with Gasteiger partial charge in [0.25, 0.3) is 0 Å². The van der Waals surface area contributed by atoms with Gasteiger partial charge in [-0.25, -0.2) is 0 Å². The molecule has 8 heteroatoms. The summed E-state index contributed by atoms with van der Waals surface area (Å²) in [6.45, 7) is 3.72. The molecular weight excluding hydrogens is 298 g/mol. The molecule has 1 aliphatic rings. The third kappa shape index (κ3) is 2.64. The summed E-state index contributed by atoms with van der Waals surface area (Å²) in [6.07, 6.45) is 2.01. The van der Waals surface area contributed by atoms with Crippen molar-refractivity contribution in [2.45, 2.75) is 25.7 Å².